The quantitative estimate of drug-likeness (QED) is 0.768. The van der Waals surface area contributed by atoms with Crippen LogP contribution in [0.25, 0.3) is 0 Å². The van der Waals surface area contributed by atoms with Crippen LogP contribution in [0.5, 0.6) is 0 Å². The van der Waals surface area contributed by atoms with E-state index < -0.39 is 0 Å². The molecular weight excluding hydrogens is 216 g/mol. The highest BCUT2D eigenvalue weighted by molar-refractivity contribution is 5.79. The third-order valence-corrected chi connectivity index (χ3v) is 3.82. The minimum Gasteiger partial charge on any atom is -0.378 e. The molecule has 3 unspecified atom stereocenters. The molecule has 2 rings (SSSR count). The van der Waals surface area contributed by atoms with Gasteiger partial charge in [-0.2, -0.15) is 0 Å². The normalized spacial score (nSPS) is 33.6. The molecule has 3 atom stereocenters. The Balaban J connectivity index is 1.59. The average molecular weight is 240 g/mol. The first-order valence-corrected chi connectivity index (χ1v) is 6.85. The van der Waals surface area contributed by atoms with Crippen LogP contribution in [-0.4, -0.2) is 38.3 Å². The van der Waals surface area contributed by atoms with Crippen molar-refractivity contribution >= 4 is 5.91 Å². The van der Waals surface area contributed by atoms with Crippen molar-refractivity contribution in [2.75, 3.05) is 26.2 Å². The molecule has 98 valence electrons. The molecule has 4 nitrogen and oxygen atoms in total. The number of ether oxygens (including phenoxy) is 1. The molecule has 2 aliphatic heterocycles. The summed E-state index contributed by atoms with van der Waals surface area (Å²) in [5.41, 5.74) is 0. The Kier molecular flexibility index (Phi) is 4.80. The molecule has 4 heteroatoms. The van der Waals surface area contributed by atoms with Gasteiger partial charge in [-0.1, -0.05) is 0 Å². The van der Waals surface area contributed by atoms with Gasteiger partial charge in [-0.25, -0.2) is 0 Å². The lowest BCUT2D eigenvalue weighted by Crippen LogP contribution is -2.35. The Morgan fingerprint density at radius 2 is 2.41 bits per heavy atom. The van der Waals surface area contributed by atoms with Crippen molar-refractivity contribution < 1.29 is 9.53 Å². The zero-order valence-corrected chi connectivity index (χ0v) is 10.7. The molecule has 0 aliphatic carbocycles. The van der Waals surface area contributed by atoms with Crippen molar-refractivity contribution in [3.05, 3.63) is 0 Å². The SMILES string of the molecule is CC1CC(C(=O)NCCC2CCCNC2)CO1. The molecule has 2 heterocycles. The van der Waals surface area contributed by atoms with E-state index >= 15 is 0 Å². The van der Waals surface area contributed by atoms with Gasteiger partial charge >= 0.3 is 0 Å². The molecule has 0 aromatic carbocycles. The molecule has 2 saturated heterocycles. The summed E-state index contributed by atoms with van der Waals surface area (Å²) in [5.74, 6) is 0.996. The predicted molar refractivity (Wildman–Crippen MR) is 66.7 cm³/mol. The second-order valence-corrected chi connectivity index (χ2v) is 5.37. The molecule has 0 saturated carbocycles. The second kappa shape index (κ2) is 6.36. The van der Waals surface area contributed by atoms with E-state index in [1.54, 1.807) is 0 Å². The maximum Gasteiger partial charge on any atom is 0.225 e. The number of hydrogen-bond acceptors (Lipinski definition) is 3. The molecule has 17 heavy (non-hydrogen) atoms. The Hall–Kier alpha value is -0.610. The lowest BCUT2D eigenvalue weighted by atomic mass is 9.96. The van der Waals surface area contributed by atoms with Crippen molar-refractivity contribution in [3.63, 3.8) is 0 Å². The molecule has 0 bridgehead atoms. The van der Waals surface area contributed by atoms with Crippen molar-refractivity contribution in [1.29, 1.82) is 0 Å². The predicted octanol–water partition coefficient (Wildman–Crippen LogP) is 0.917. The summed E-state index contributed by atoms with van der Waals surface area (Å²) in [6.45, 7) is 5.70. The van der Waals surface area contributed by atoms with Gasteiger partial charge in [-0.15, -0.1) is 0 Å². The Morgan fingerprint density at radius 3 is 3.06 bits per heavy atom. The van der Waals surface area contributed by atoms with E-state index in [0.29, 0.717) is 6.61 Å². The highest BCUT2D eigenvalue weighted by Crippen LogP contribution is 2.19. The van der Waals surface area contributed by atoms with Crippen LogP contribution >= 0.6 is 0 Å². The van der Waals surface area contributed by atoms with Crippen LogP contribution in [0.1, 0.15) is 32.6 Å². The van der Waals surface area contributed by atoms with E-state index in [1.807, 2.05) is 6.92 Å². The van der Waals surface area contributed by atoms with Gasteiger partial charge in [-0.3, -0.25) is 4.79 Å². The lowest BCUT2D eigenvalue weighted by molar-refractivity contribution is -0.124. The third kappa shape index (κ3) is 3.96. The van der Waals surface area contributed by atoms with Crippen LogP contribution in [0.3, 0.4) is 0 Å². The topological polar surface area (TPSA) is 50.4 Å². The summed E-state index contributed by atoms with van der Waals surface area (Å²) in [5, 5.41) is 6.45. The second-order valence-electron chi connectivity index (χ2n) is 5.37. The maximum atomic E-state index is 11.8. The standard InChI is InChI=1S/C13H24N2O2/c1-10-7-12(9-17-10)13(16)15-6-4-11-3-2-5-14-8-11/h10-12,14H,2-9H2,1H3,(H,15,16). The smallest absolute Gasteiger partial charge is 0.225 e. The fraction of sp³-hybridized carbons (Fsp3) is 0.923. The van der Waals surface area contributed by atoms with Crippen LogP contribution < -0.4 is 10.6 Å². The van der Waals surface area contributed by atoms with Gasteiger partial charge in [0.05, 0.1) is 18.6 Å². The van der Waals surface area contributed by atoms with E-state index in [9.17, 15) is 4.79 Å². The number of hydrogen-bond donors (Lipinski definition) is 2. The van der Waals surface area contributed by atoms with Gasteiger partial charge in [0.1, 0.15) is 0 Å². The number of rotatable bonds is 4. The monoisotopic (exact) mass is 240 g/mol. The molecule has 0 radical (unpaired) electrons. The number of carbonyl (C=O) groups excluding carboxylic acids is 1. The molecule has 2 aliphatic rings. The maximum absolute atomic E-state index is 11.8. The van der Waals surface area contributed by atoms with Crippen LogP contribution in [0.4, 0.5) is 0 Å². The number of piperidine rings is 1. The highest BCUT2D eigenvalue weighted by atomic mass is 16.5. The number of carbonyl (C=O) groups is 1. The van der Waals surface area contributed by atoms with Crippen LogP contribution in [0.2, 0.25) is 0 Å². The van der Waals surface area contributed by atoms with Gasteiger partial charge in [-0.05, 0) is 51.6 Å². The summed E-state index contributed by atoms with van der Waals surface area (Å²) >= 11 is 0. The molecule has 0 aromatic rings. The molecule has 0 aromatic heterocycles. The summed E-state index contributed by atoms with van der Waals surface area (Å²) in [6, 6.07) is 0. The van der Waals surface area contributed by atoms with Gasteiger partial charge in [0, 0.05) is 6.54 Å². The van der Waals surface area contributed by atoms with Crippen LogP contribution in [-0.2, 0) is 9.53 Å². The zero-order valence-electron chi connectivity index (χ0n) is 10.7. The number of nitrogens with one attached hydrogen (secondary N) is 2. The lowest BCUT2D eigenvalue weighted by Gasteiger charge is -2.22. The van der Waals surface area contributed by atoms with Crippen molar-refractivity contribution in [1.82, 2.24) is 10.6 Å². The highest BCUT2D eigenvalue weighted by Gasteiger charge is 2.27. The van der Waals surface area contributed by atoms with Crippen molar-refractivity contribution in [2.24, 2.45) is 11.8 Å². The first-order chi connectivity index (χ1) is 8.25. The Bertz CT molecular complexity index is 252. The van der Waals surface area contributed by atoms with Gasteiger partial charge in [0.2, 0.25) is 5.91 Å². The minimum atomic E-state index is 0.0782. The largest absolute Gasteiger partial charge is 0.378 e. The molecule has 1 amide bonds. The van der Waals surface area contributed by atoms with Crippen molar-refractivity contribution in [2.45, 2.75) is 38.7 Å². The third-order valence-electron chi connectivity index (χ3n) is 3.82. The van der Waals surface area contributed by atoms with Crippen molar-refractivity contribution in [3.8, 4) is 0 Å². The molecule has 2 fully saturated rings. The Morgan fingerprint density at radius 1 is 1.53 bits per heavy atom. The van der Waals surface area contributed by atoms with Crippen LogP contribution in [0, 0.1) is 11.8 Å². The summed E-state index contributed by atoms with van der Waals surface area (Å²) in [4.78, 5) is 11.8. The van der Waals surface area contributed by atoms with E-state index in [-0.39, 0.29) is 17.9 Å². The first-order valence-electron chi connectivity index (χ1n) is 6.85. The van der Waals surface area contributed by atoms with Gasteiger partial charge in [0.25, 0.3) is 0 Å². The van der Waals surface area contributed by atoms with Crippen LogP contribution in [0.15, 0.2) is 0 Å². The van der Waals surface area contributed by atoms with Gasteiger partial charge in [0.15, 0.2) is 0 Å². The molecule has 0 spiro atoms. The first kappa shape index (κ1) is 12.8. The van der Waals surface area contributed by atoms with Gasteiger partial charge < -0.3 is 15.4 Å². The molecular formula is C13H24N2O2. The fourth-order valence-corrected chi connectivity index (χ4v) is 2.71. The fourth-order valence-electron chi connectivity index (χ4n) is 2.71. The number of amides is 1. The summed E-state index contributed by atoms with van der Waals surface area (Å²) in [7, 11) is 0. The summed E-state index contributed by atoms with van der Waals surface area (Å²) in [6.07, 6.45) is 4.78. The van der Waals surface area contributed by atoms with E-state index in [0.717, 1.165) is 38.4 Å². The van der Waals surface area contributed by atoms with E-state index in [4.69, 9.17) is 4.74 Å². The average Bonchev–Trinajstić information content (AvgIpc) is 2.77. The Labute approximate surface area is 103 Å². The zero-order chi connectivity index (χ0) is 12.1. The molecule has 2 N–H and O–H groups in total. The van der Waals surface area contributed by atoms with E-state index in [1.165, 1.54) is 12.8 Å². The van der Waals surface area contributed by atoms with E-state index in [2.05, 4.69) is 10.6 Å². The summed E-state index contributed by atoms with van der Waals surface area (Å²) < 4.78 is 5.41. The minimum absolute atomic E-state index is 0.0782.